The summed E-state index contributed by atoms with van der Waals surface area (Å²) in [7, 11) is 0. The monoisotopic (exact) mass is 348 g/mol. The fourth-order valence-electron chi connectivity index (χ4n) is 4.43. The van der Waals surface area contributed by atoms with Gasteiger partial charge in [-0.15, -0.1) is 0 Å². The van der Waals surface area contributed by atoms with Gasteiger partial charge in [0.05, 0.1) is 26.4 Å². The number of nitrogens with zero attached hydrogens (tertiary/aromatic N) is 2. The van der Waals surface area contributed by atoms with Gasteiger partial charge in [-0.2, -0.15) is 0 Å². The highest BCUT2D eigenvalue weighted by Crippen LogP contribution is 2.44. The average molecular weight is 348 g/mol. The first-order valence-corrected chi connectivity index (χ1v) is 9.05. The molecule has 3 fully saturated rings. The molecule has 4 rings (SSSR count). The van der Waals surface area contributed by atoms with Crippen LogP contribution >= 0.6 is 0 Å². The Morgan fingerprint density at radius 1 is 1.28 bits per heavy atom. The second-order valence-corrected chi connectivity index (χ2v) is 7.54. The van der Waals surface area contributed by atoms with Crippen LogP contribution in [0.25, 0.3) is 0 Å². The molecule has 5 nitrogen and oxygen atoms in total. The largest absolute Gasteiger partial charge is 0.380 e. The van der Waals surface area contributed by atoms with Crippen molar-refractivity contribution in [1.29, 1.82) is 0 Å². The molecule has 0 N–H and O–H groups in total. The van der Waals surface area contributed by atoms with Crippen LogP contribution in [-0.2, 0) is 20.8 Å². The van der Waals surface area contributed by atoms with Crippen LogP contribution in [0.5, 0.6) is 0 Å². The van der Waals surface area contributed by atoms with Crippen molar-refractivity contribution in [3.63, 3.8) is 0 Å². The summed E-state index contributed by atoms with van der Waals surface area (Å²) in [6.45, 7) is 6.47. The normalized spacial score (nSPS) is 29.8. The predicted octanol–water partition coefficient (Wildman–Crippen LogP) is 1.52. The molecule has 6 heteroatoms. The summed E-state index contributed by atoms with van der Waals surface area (Å²) in [5, 5.41) is 0. The van der Waals surface area contributed by atoms with Gasteiger partial charge in [-0.1, -0.05) is 12.1 Å². The molecule has 1 aromatic carbocycles. The summed E-state index contributed by atoms with van der Waals surface area (Å²) in [5.41, 5.74) is 0.887. The Kier molecular flexibility index (Phi) is 4.75. The van der Waals surface area contributed by atoms with Crippen LogP contribution in [0.4, 0.5) is 4.39 Å². The number of hydrogen-bond donors (Lipinski definition) is 0. The second-order valence-electron chi connectivity index (χ2n) is 7.54. The fraction of sp³-hybridized carbons (Fsp3) is 0.632. The van der Waals surface area contributed by atoms with E-state index in [1.54, 1.807) is 12.1 Å². The van der Waals surface area contributed by atoms with Gasteiger partial charge >= 0.3 is 0 Å². The van der Waals surface area contributed by atoms with Crippen molar-refractivity contribution in [1.82, 2.24) is 9.80 Å². The summed E-state index contributed by atoms with van der Waals surface area (Å²) in [6.07, 6.45) is 0.539. The van der Waals surface area contributed by atoms with Gasteiger partial charge in [0, 0.05) is 50.5 Å². The molecule has 0 bridgehead atoms. The van der Waals surface area contributed by atoms with Crippen molar-refractivity contribution < 1.29 is 18.7 Å². The molecular formula is C19H25FN2O3. The van der Waals surface area contributed by atoms with Crippen LogP contribution in [0.15, 0.2) is 24.3 Å². The number of rotatable bonds is 4. The summed E-state index contributed by atoms with van der Waals surface area (Å²) < 4.78 is 24.5. The molecule has 2 atom stereocenters. The number of ether oxygens (including phenoxy) is 2. The van der Waals surface area contributed by atoms with Gasteiger partial charge in [-0.05, 0) is 17.7 Å². The first-order chi connectivity index (χ1) is 12.1. The topological polar surface area (TPSA) is 42.0 Å². The highest BCUT2D eigenvalue weighted by molar-refractivity contribution is 5.77. The number of halogens is 1. The lowest BCUT2D eigenvalue weighted by molar-refractivity contribution is -0.138. The molecule has 1 amide bonds. The number of fused-ring (bicyclic) bond motifs is 1. The van der Waals surface area contributed by atoms with Crippen LogP contribution < -0.4 is 0 Å². The van der Waals surface area contributed by atoms with Gasteiger partial charge in [0.2, 0.25) is 5.91 Å². The van der Waals surface area contributed by atoms with Crippen LogP contribution in [0.3, 0.4) is 0 Å². The molecule has 25 heavy (non-hydrogen) atoms. The van der Waals surface area contributed by atoms with Crippen molar-refractivity contribution >= 4 is 5.91 Å². The van der Waals surface area contributed by atoms with Crippen molar-refractivity contribution in [2.45, 2.75) is 13.0 Å². The van der Waals surface area contributed by atoms with Crippen molar-refractivity contribution in [3.8, 4) is 0 Å². The fourth-order valence-corrected chi connectivity index (χ4v) is 4.43. The first-order valence-electron chi connectivity index (χ1n) is 9.05. The van der Waals surface area contributed by atoms with E-state index < -0.39 is 0 Å². The zero-order chi connectivity index (χ0) is 17.3. The number of amides is 1. The molecule has 0 aromatic heterocycles. The zero-order valence-corrected chi connectivity index (χ0v) is 14.5. The summed E-state index contributed by atoms with van der Waals surface area (Å²) in [5.74, 6) is 0.398. The summed E-state index contributed by atoms with van der Waals surface area (Å²) in [4.78, 5) is 17.0. The van der Waals surface area contributed by atoms with E-state index in [1.807, 2.05) is 11.0 Å². The molecule has 0 aliphatic carbocycles. The van der Waals surface area contributed by atoms with E-state index >= 15 is 0 Å². The Balaban J connectivity index is 1.42. The maximum Gasteiger partial charge on any atom is 0.223 e. The lowest BCUT2D eigenvalue weighted by Gasteiger charge is -2.32. The third-order valence-corrected chi connectivity index (χ3v) is 5.75. The van der Waals surface area contributed by atoms with E-state index in [1.165, 1.54) is 6.07 Å². The molecule has 1 aromatic rings. The van der Waals surface area contributed by atoms with Crippen molar-refractivity contribution in [3.05, 3.63) is 35.6 Å². The lowest BCUT2D eigenvalue weighted by atomic mass is 9.77. The van der Waals surface area contributed by atoms with Gasteiger partial charge in [0.1, 0.15) is 5.82 Å². The Morgan fingerprint density at radius 3 is 2.92 bits per heavy atom. The van der Waals surface area contributed by atoms with E-state index in [2.05, 4.69) is 4.90 Å². The third-order valence-electron chi connectivity index (χ3n) is 5.75. The first kappa shape index (κ1) is 16.9. The minimum absolute atomic E-state index is 0.0945. The maximum absolute atomic E-state index is 13.4. The van der Waals surface area contributed by atoms with E-state index in [0.717, 1.165) is 31.8 Å². The molecule has 136 valence electrons. The number of benzene rings is 1. The molecular weight excluding hydrogens is 323 g/mol. The standard InChI is InChI=1S/C19H25FN2O3/c20-17-3-1-2-15(8-17)10-21-11-16-12-25-14-19(16,13-21)9-18(23)22-4-6-24-7-5-22/h1-3,8,16H,4-7,9-14H2/t16-,19+/m0/s1. The summed E-state index contributed by atoms with van der Waals surface area (Å²) >= 11 is 0. The van der Waals surface area contributed by atoms with Crippen molar-refractivity contribution in [2.24, 2.45) is 11.3 Å². The lowest BCUT2D eigenvalue weighted by Crippen LogP contribution is -2.44. The van der Waals surface area contributed by atoms with Gasteiger partial charge in [0.25, 0.3) is 0 Å². The van der Waals surface area contributed by atoms with Crippen LogP contribution in [0.1, 0.15) is 12.0 Å². The smallest absolute Gasteiger partial charge is 0.223 e. The predicted molar refractivity (Wildman–Crippen MR) is 90.4 cm³/mol. The molecule has 3 aliphatic heterocycles. The zero-order valence-electron chi connectivity index (χ0n) is 14.5. The Labute approximate surface area is 147 Å². The second kappa shape index (κ2) is 7.02. The van der Waals surface area contributed by atoms with Gasteiger partial charge in [-0.25, -0.2) is 4.39 Å². The number of likely N-dealkylation sites (tertiary alicyclic amines) is 1. The van der Waals surface area contributed by atoms with E-state index in [0.29, 0.717) is 45.2 Å². The Hall–Kier alpha value is -1.50. The van der Waals surface area contributed by atoms with E-state index in [9.17, 15) is 9.18 Å². The molecule has 0 unspecified atom stereocenters. The molecule has 0 saturated carbocycles. The van der Waals surface area contributed by atoms with E-state index in [-0.39, 0.29) is 17.1 Å². The van der Waals surface area contributed by atoms with Crippen molar-refractivity contribution in [2.75, 3.05) is 52.6 Å². The molecule has 0 radical (unpaired) electrons. The van der Waals surface area contributed by atoms with E-state index in [4.69, 9.17) is 9.47 Å². The molecule has 0 spiro atoms. The maximum atomic E-state index is 13.4. The minimum Gasteiger partial charge on any atom is -0.380 e. The average Bonchev–Trinajstić information content (AvgIpc) is 3.11. The highest BCUT2D eigenvalue weighted by Gasteiger charge is 2.51. The SMILES string of the molecule is O=C(C[C@@]12COC[C@@H]1CN(Cc1cccc(F)c1)C2)N1CCOCC1. The highest BCUT2D eigenvalue weighted by atomic mass is 19.1. The number of hydrogen-bond acceptors (Lipinski definition) is 4. The van der Waals surface area contributed by atoms with Crippen LogP contribution in [0.2, 0.25) is 0 Å². The molecule has 3 heterocycles. The van der Waals surface area contributed by atoms with Gasteiger partial charge in [0.15, 0.2) is 0 Å². The van der Waals surface area contributed by atoms with Gasteiger partial charge in [-0.3, -0.25) is 9.69 Å². The Morgan fingerprint density at radius 2 is 2.12 bits per heavy atom. The molecule has 3 aliphatic rings. The number of morpholine rings is 1. The quantitative estimate of drug-likeness (QED) is 0.827. The van der Waals surface area contributed by atoms with Crippen LogP contribution in [-0.4, -0.2) is 68.3 Å². The summed E-state index contributed by atoms with van der Waals surface area (Å²) in [6, 6.07) is 6.77. The van der Waals surface area contributed by atoms with Crippen LogP contribution in [0, 0.1) is 17.2 Å². The third kappa shape index (κ3) is 3.57. The van der Waals surface area contributed by atoms with Gasteiger partial charge < -0.3 is 14.4 Å². The molecule has 3 saturated heterocycles. The minimum atomic E-state index is -0.197. The number of carbonyl (C=O) groups is 1. The number of carbonyl (C=O) groups excluding carboxylic acids is 1. The Bertz CT molecular complexity index is 635.